The Morgan fingerprint density at radius 1 is 1.41 bits per heavy atom. The lowest BCUT2D eigenvalue weighted by molar-refractivity contribution is 0.0698. The van der Waals surface area contributed by atoms with Gasteiger partial charge in [0.05, 0.1) is 11.1 Å². The van der Waals surface area contributed by atoms with E-state index in [0.717, 1.165) is 29.0 Å². The number of benzene rings is 1. The van der Waals surface area contributed by atoms with Crippen molar-refractivity contribution >= 4 is 28.6 Å². The number of nitrogens with zero attached hydrogens (tertiary/aromatic N) is 1. The molecular weight excluding hydrogens is 234 g/mol. The predicted octanol–water partition coefficient (Wildman–Crippen LogP) is 3.09. The Labute approximate surface area is 104 Å². The Kier molecular flexibility index (Phi) is 3.74. The standard InChI is InChI=1S/C13H15NO2S/c1-2-17-9-8-14-7-6-10-4-3-5-11(12(10)14)13(15)16/h3-7H,2,8-9H2,1H3,(H,15,16). The Morgan fingerprint density at radius 3 is 2.94 bits per heavy atom. The average Bonchev–Trinajstić information content (AvgIpc) is 2.73. The molecule has 0 aliphatic rings. The number of para-hydroxylation sites is 1. The molecule has 1 aromatic carbocycles. The zero-order valence-corrected chi connectivity index (χ0v) is 10.5. The molecule has 1 heterocycles. The second-order valence-electron chi connectivity index (χ2n) is 3.75. The molecule has 2 aromatic rings. The van der Waals surface area contributed by atoms with E-state index < -0.39 is 5.97 Å². The van der Waals surface area contributed by atoms with Crippen LogP contribution >= 0.6 is 11.8 Å². The largest absolute Gasteiger partial charge is 0.478 e. The number of aryl methyl sites for hydroxylation is 1. The molecule has 0 aliphatic carbocycles. The molecule has 2 rings (SSSR count). The SMILES string of the molecule is CCSCCn1ccc2cccc(C(=O)O)c21. The molecule has 17 heavy (non-hydrogen) atoms. The van der Waals surface area contributed by atoms with Gasteiger partial charge in [0, 0.05) is 23.9 Å². The van der Waals surface area contributed by atoms with Crippen molar-refractivity contribution in [3.63, 3.8) is 0 Å². The Balaban J connectivity index is 2.39. The van der Waals surface area contributed by atoms with Crippen LogP contribution in [-0.2, 0) is 6.54 Å². The lowest BCUT2D eigenvalue weighted by atomic mass is 10.1. The van der Waals surface area contributed by atoms with Crippen molar-refractivity contribution in [3.05, 3.63) is 36.0 Å². The van der Waals surface area contributed by atoms with Crippen LogP contribution in [-0.4, -0.2) is 27.1 Å². The predicted molar refractivity (Wildman–Crippen MR) is 71.9 cm³/mol. The second-order valence-corrected chi connectivity index (χ2v) is 5.15. The van der Waals surface area contributed by atoms with E-state index in [2.05, 4.69) is 6.92 Å². The first-order valence-electron chi connectivity index (χ1n) is 5.63. The molecule has 90 valence electrons. The maximum atomic E-state index is 11.2. The van der Waals surface area contributed by atoms with Gasteiger partial charge in [-0.3, -0.25) is 0 Å². The summed E-state index contributed by atoms with van der Waals surface area (Å²) in [7, 11) is 0. The van der Waals surface area contributed by atoms with Crippen LogP contribution in [0.25, 0.3) is 10.9 Å². The zero-order valence-electron chi connectivity index (χ0n) is 9.72. The van der Waals surface area contributed by atoms with Crippen molar-refractivity contribution in [1.29, 1.82) is 0 Å². The first kappa shape index (κ1) is 12.0. The molecule has 1 N–H and O–H groups in total. The summed E-state index contributed by atoms with van der Waals surface area (Å²) in [5.41, 5.74) is 1.21. The maximum absolute atomic E-state index is 11.2. The monoisotopic (exact) mass is 249 g/mol. The molecule has 3 nitrogen and oxygen atoms in total. The van der Waals surface area contributed by atoms with Gasteiger partial charge < -0.3 is 9.67 Å². The quantitative estimate of drug-likeness (QED) is 0.828. The number of fused-ring (bicyclic) bond motifs is 1. The van der Waals surface area contributed by atoms with Crippen molar-refractivity contribution in [2.45, 2.75) is 13.5 Å². The number of aromatic nitrogens is 1. The summed E-state index contributed by atoms with van der Waals surface area (Å²) in [4.78, 5) is 11.2. The van der Waals surface area contributed by atoms with Crippen molar-refractivity contribution in [2.75, 3.05) is 11.5 Å². The normalized spacial score (nSPS) is 10.9. The number of carboxylic acid groups (broad SMARTS) is 1. The summed E-state index contributed by atoms with van der Waals surface area (Å²) < 4.78 is 2.03. The third-order valence-corrected chi connectivity index (χ3v) is 3.58. The van der Waals surface area contributed by atoms with Crippen LogP contribution in [0.1, 0.15) is 17.3 Å². The molecule has 0 saturated heterocycles. The number of thioether (sulfide) groups is 1. The minimum absolute atomic E-state index is 0.383. The number of rotatable bonds is 5. The van der Waals surface area contributed by atoms with E-state index in [0.29, 0.717) is 5.56 Å². The summed E-state index contributed by atoms with van der Waals surface area (Å²) in [5, 5.41) is 10.2. The summed E-state index contributed by atoms with van der Waals surface area (Å²) in [6, 6.07) is 7.37. The van der Waals surface area contributed by atoms with Crippen molar-refractivity contribution in [1.82, 2.24) is 4.57 Å². The fourth-order valence-corrected chi connectivity index (χ4v) is 2.54. The smallest absolute Gasteiger partial charge is 0.337 e. The van der Waals surface area contributed by atoms with Gasteiger partial charge in [0.1, 0.15) is 0 Å². The highest BCUT2D eigenvalue weighted by Gasteiger charge is 2.11. The van der Waals surface area contributed by atoms with Gasteiger partial charge in [0.15, 0.2) is 0 Å². The molecule has 0 aliphatic heterocycles. The lowest BCUT2D eigenvalue weighted by Crippen LogP contribution is -2.04. The Bertz CT molecular complexity index is 533. The summed E-state index contributed by atoms with van der Waals surface area (Å²) in [6.45, 7) is 2.98. The number of aromatic carboxylic acids is 1. The van der Waals surface area contributed by atoms with E-state index in [1.54, 1.807) is 12.1 Å². The van der Waals surface area contributed by atoms with E-state index in [9.17, 15) is 9.90 Å². The summed E-state index contributed by atoms with van der Waals surface area (Å²) >= 11 is 1.86. The Hall–Kier alpha value is -1.42. The third kappa shape index (κ3) is 2.47. The highest BCUT2D eigenvalue weighted by Crippen LogP contribution is 2.21. The molecule has 4 heteroatoms. The van der Waals surface area contributed by atoms with E-state index in [-0.39, 0.29) is 0 Å². The molecule has 0 saturated carbocycles. The van der Waals surface area contributed by atoms with Crippen molar-refractivity contribution in [2.24, 2.45) is 0 Å². The number of carbonyl (C=O) groups is 1. The molecule has 0 fully saturated rings. The van der Waals surface area contributed by atoms with Crippen LogP contribution in [0.5, 0.6) is 0 Å². The molecule has 1 aromatic heterocycles. The van der Waals surface area contributed by atoms with Crippen LogP contribution in [0.4, 0.5) is 0 Å². The van der Waals surface area contributed by atoms with Gasteiger partial charge in [0.2, 0.25) is 0 Å². The van der Waals surface area contributed by atoms with Gasteiger partial charge in [0.25, 0.3) is 0 Å². The topological polar surface area (TPSA) is 42.2 Å². The van der Waals surface area contributed by atoms with Gasteiger partial charge in [-0.05, 0) is 17.9 Å². The second kappa shape index (κ2) is 5.27. The van der Waals surface area contributed by atoms with Crippen LogP contribution < -0.4 is 0 Å². The molecule has 0 bridgehead atoms. The number of carboxylic acids is 1. The maximum Gasteiger partial charge on any atom is 0.337 e. The average molecular weight is 249 g/mol. The van der Waals surface area contributed by atoms with Crippen LogP contribution in [0.3, 0.4) is 0 Å². The fourth-order valence-electron chi connectivity index (χ4n) is 1.93. The van der Waals surface area contributed by atoms with Gasteiger partial charge in [-0.2, -0.15) is 11.8 Å². The zero-order chi connectivity index (χ0) is 12.3. The summed E-state index contributed by atoms with van der Waals surface area (Å²) in [6.07, 6.45) is 1.97. The minimum atomic E-state index is -0.862. The first-order chi connectivity index (χ1) is 8.24. The first-order valence-corrected chi connectivity index (χ1v) is 6.78. The van der Waals surface area contributed by atoms with Gasteiger partial charge in [-0.25, -0.2) is 4.79 Å². The fraction of sp³-hybridized carbons (Fsp3) is 0.308. The minimum Gasteiger partial charge on any atom is -0.478 e. The highest BCUT2D eigenvalue weighted by molar-refractivity contribution is 7.99. The molecule has 0 spiro atoms. The van der Waals surface area contributed by atoms with Crippen molar-refractivity contribution < 1.29 is 9.90 Å². The third-order valence-electron chi connectivity index (χ3n) is 2.70. The van der Waals surface area contributed by atoms with E-state index in [1.807, 2.05) is 34.7 Å². The lowest BCUT2D eigenvalue weighted by Gasteiger charge is -2.07. The molecule has 0 radical (unpaired) electrons. The Morgan fingerprint density at radius 2 is 2.24 bits per heavy atom. The van der Waals surface area contributed by atoms with E-state index >= 15 is 0 Å². The molecule has 0 unspecified atom stereocenters. The molecule has 0 atom stereocenters. The molecule has 0 amide bonds. The van der Waals surface area contributed by atoms with Gasteiger partial charge in [-0.1, -0.05) is 19.1 Å². The highest BCUT2D eigenvalue weighted by atomic mass is 32.2. The summed E-state index contributed by atoms with van der Waals surface area (Å²) in [5.74, 6) is 1.23. The van der Waals surface area contributed by atoms with Gasteiger partial charge in [-0.15, -0.1) is 0 Å². The molecular formula is C13H15NO2S. The van der Waals surface area contributed by atoms with Crippen LogP contribution in [0, 0.1) is 0 Å². The van der Waals surface area contributed by atoms with Gasteiger partial charge >= 0.3 is 5.97 Å². The van der Waals surface area contributed by atoms with Crippen LogP contribution in [0.2, 0.25) is 0 Å². The van der Waals surface area contributed by atoms with E-state index in [4.69, 9.17) is 0 Å². The van der Waals surface area contributed by atoms with E-state index in [1.165, 1.54) is 0 Å². The van der Waals surface area contributed by atoms with Crippen LogP contribution in [0.15, 0.2) is 30.5 Å². The number of hydrogen-bond donors (Lipinski definition) is 1. The number of hydrogen-bond acceptors (Lipinski definition) is 2. The van der Waals surface area contributed by atoms with Crippen molar-refractivity contribution in [3.8, 4) is 0 Å².